The first kappa shape index (κ1) is 12.1. The number of hydrogen-bond donors (Lipinski definition) is 1. The summed E-state index contributed by atoms with van der Waals surface area (Å²) < 4.78 is 5.55. The van der Waals surface area contributed by atoms with Gasteiger partial charge in [-0.1, -0.05) is 11.6 Å². The number of aromatic nitrogens is 2. The van der Waals surface area contributed by atoms with Crippen LogP contribution in [-0.4, -0.2) is 29.2 Å². The second-order valence-corrected chi connectivity index (χ2v) is 6.02. The Morgan fingerprint density at radius 2 is 2.44 bits per heavy atom. The van der Waals surface area contributed by atoms with E-state index in [1.807, 2.05) is 13.0 Å². The highest BCUT2D eigenvalue weighted by Gasteiger charge is 2.16. The van der Waals surface area contributed by atoms with Gasteiger partial charge in [0.25, 0.3) is 0 Å². The van der Waals surface area contributed by atoms with Crippen molar-refractivity contribution >= 4 is 39.1 Å². The lowest BCUT2D eigenvalue weighted by molar-refractivity contribution is 0.120. The first-order valence-corrected chi connectivity index (χ1v) is 7.21. The van der Waals surface area contributed by atoms with E-state index in [9.17, 15) is 0 Å². The topological polar surface area (TPSA) is 47.0 Å². The fourth-order valence-electron chi connectivity index (χ4n) is 2.10. The van der Waals surface area contributed by atoms with Crippen LogP contribution in [0.25, 0.3) is 10.2 Å². The normalized spacial score (nSPS) is 19.6. The van der Waals surface area contributed by atoms with Crippen molar-refractivity contribution in [1.29, 1.82) is 0 Å². The Balaban J connectivity index is 1.79. The van der Waals surface area contributed by atoms with Crippen molar-refractivity contribution in [3.05, 3.63) is 16.1 Å². The average Bonchev–Trinajstić information content (AvgIpc) is 2.94. The van der Waals surface area contributed by atoms with E-state index in [1.165, 1.54) is 4.88 Å². The van der Waals surface area contributed by atoms with E-state index >= 15 is 0 Å². The third kappa shape index (κ3) is 2.43. The third-order valence-corrected chi connectivity index (χ3v) is 4.21. The van der Waals surface area contributed by atoms with Gasteiger partial charge in [0.05, 0.1) is 6.10 Å². The number of nitrogens with zero attached hydrogens (tertiary/aromatic N) is 2. The number of hydrogen-bond acceptors (Lipinski definition) is 5. The SMILES string of the molecule is Cc1cc2c(Cl)nc(NCC3CCCO3)nc2s1. The van der Waals surface area contributed by atoms with Crippen LogP contribution in [0, 0.1) is 6.92 Å². The molecule has 1 fully saturated rings. The van der Waals surface area contributed by atoms with Crippen LogP contribution in [0.2, 0.25) is 5.15 Å². The second kappa shape index (κ2) is 4.99. The monoisotopic (exact) mass is 283 g/mol. The molecule has 0 bridgehead atoms. The summed E-state index contributed by atoms with van der Waals surface area (Å²) in [6, 6.07) is 2.02. The number of halogens is 1. The highest BCUT2D eigenvalue weighted by molar-refractivity contribution is 7.18. The molecular formula is C12H14ClN3OS. The van der Waals surface area contributed by atoms with Gasteiger partial charge in [-0.2, -0.15) is 0 Å². The maximum Gasteiger partial charge on any atom is 0.225 e. The third-order valence-electron chi connectivity index (χ3n) is 2.98. The van der Waals surface area contributed by atoms with E-state index in [1.54, 1.807) is 11.3 Å². The summed E-state index contributed by atoms with van der Waals surface area (Å²) in [4.78, 5) is 10.9. The summed E-state index contributed by atoms with van der Waals surface area (Å²) in [5.74, 6) is 0.588. The van der Waals surface area contributed by atoms with Gasteiger partial charge in [0.2, 0.25) is 5.95 Å². The Morgan fingerprint density at radius 3 is 3.22 bits per heavy atom. The minimum Gasteiger partial charge on any atom is -0.376 e. The molecule has 0 saturated carbocycles. The van der Waals surface area contributed by atoms with Crippen LogP contribution >= 0.6 is 22.9 Å². The Labute approximate surface area is 114 Å². The van der Waals surface area contributed by atoms with Gasteiger partial charge in [-0.05, 0) is 25.8 Å². The molecule has 0 aliphatic carbocycles. The summed E-state index contributed by atoms with van der Waals surface area (Å²) >= 11 is 7.79. The van der Waals surface area contributed by atoms with Gasteiger partial charge in [-0.15, -0.1) is 11.3 Å². The minimum absolute atomic E-state index is 0.271. The zero-order chi connectivity index (χ0) is 12.5. The van der Waals surface area contributed by atoms with Crippen LogP contribution in [0.15, 0.2) is 6.07 Å². The molecule has 3 rings (SSSR count). The van der Waals surface area contributed by atoms with E-state index in [-0.39, 0.29) is 6.10 Å². The fourth-order valence-corrected chi connectivity index (χ4v) is 3.26. The molecule has 18 heavy (non-hydrogen) atoms. The summed E-state index contributed by atoms with van der Waals surface area (Å²) in [6.45, 7) is 3.64. The fraction of sp³-hybridized carbons (Fsp3) is 0.500. The first-order chi connectivity index (χ1) is 8.72. The summed E-state index contributed by atoms with van der Waals surface area (Å²) in [6.07, 6.45) is 2.51. The smallest absolute Gasteiger partial charge is 0.225 e. The van der Waals surface area contributed by atoms with Gasteiger partial charge >= 0.3 is 0 Å². The Morgan fingerprint density at radius 1 is 1.56 bits per heavy atom. The molecule has 6 heteroatoms. The van der Waals surface area contributed by atoms with Gasteiger partial charge in [0, 0.05) is 23.4 Å². The van der Waals surface area contributed by atoms with Crippen LogP contribution in [-0.2, 0) is 4.74 Å². The molecule has 1 saturated heterocycles. The molecular weight excluding hydrogens is 270 g/mol. The number of nitrogens with one attached hydrogen (secondary N) is 1. The molecule has 2 aromatic rings. The van der Waals surface area contributed by atoms with E-state index < -0.39 is 0 Å². The molecule has 1 aliphatic heterocycles. The first-order valence-electron chi connectivity index (χ1n) is 6.01. The van der Waals surface area contributed by atoms with Crippen molar-refractivity contribution in [2.75, 3.05) is 18.5 Å². The van der Waals surface area contributed by atoms with E-state index in [0.29, 0.717) is 11.1 Å². The van der Waals surface area contributed by atoms with Gasteiger partial charge in [0.15, 0.2) is 0 Å². The number of ether oxygens (including phenoxy) is 1. The van der Waals surface area contributed by atoms with Crippen LogP contribution in [0.3, 0.4) is 0 Å². The van der Waals surface area contributed by atoms with Gasteiger partial charge in [-0.25, -0.2) is 9.97 Å². The summed E-state index contributed by atoms with van der Waals surface area (Å²) in [7, 11) is 0. The van der Waals surface area contributed by atoms with Gasteiger partial charge < -0.3 is 10.1 Å². The number of anilines is 1. The highest BCUT2D eigenvalue weighted by Crippen LogP contribution is 2.29. The second-order valence-electron chi connectivity index (χ2n) is 4.43. The molecule has 0 aromatic carbocycles. The molecule has 1 atom stereocenters. The lowest BCUT2D eigenvalue weighted by Crippen LogP contribution is -2.19. The van der Waals surface area contributed by atoms with Crippen molar-refractivity contribution in [1.82, 2.24) is 9.97 Å². The average molecular weight is 284 g/mol. The number of aryl methyl sites for hydroxylation is 1. The van der Waals surface area contributed by atoms with Crippen LogP contribution in [0.4, 0.5) is 5.95 Å². The molecule has 2 aromatic heterocycles. The van der Waals surface area contributed by atoms with Crippen molar-refractivity contribution in [3.8, 4) is 0 Å². The van der Waals surface area contributed by atoms with Crippen molar-refractivity contribution < 1.29 is 4.74 Å². The predicted molar refractivity (Wildman–Crippen MR) is 74.6 cm³/mol. The number of fused-ring (bicyclic) bond motifs is 1. The van der Waals surface area contributed by atoms with Crippen LogP contribution in [0.5, 0.6) is 0 Å². The standard InChI is InChI=1S/C12H14ClN3OS/c1-7-5-9-10(13)15-12(16-11(9)18-7)14-6-8-3-2-4-17-8/h5,8H,2-4,6H2,1H3,(H,14,15,16). The Kier molecular flexibility index (Phi) is 3.37. The molecule has 1 N–H and O–H groups in total. The molecule has 0 radical (unpaired) electrons. The Hall–Kier alpha value is -0.910. The number of rotatable bonds is 3. The summed E-state index contributed by atoms with van der Waals surface area (Å²) in [5.41, 5.74) is 0. The highest BCUT2D eigenvalue weighted by atomic mass is 35.5. The summed E-state index contributed by atoms with van der Waals surface area (Å²) in [5, 5.41) is 4.65. The molecule has 1 unspecified atom stereocenters. The molecule has 1 aliphatic rings. The van der Waals surface area contributed by atoms with Crippen LogP contribution < -0.4 is 5.32 Å². The van der Waals surface area contributed by atoms with Crippen LogP contribution in [0.1, 0.15) is 17.7 Å². The quantitative estimate of drug-likeness (QED) is 0.879. The zero-order valence-electron chi connectivity index (χ0n) is 10.1. The van der Waals surface area contributed by atoms with E-state index in [4.69, 9.17) is 16.3 Å². The van der Waals surface area contributed by atoms with Crippen molar-refractivity contribution in [2.45, 2.75) is 25.9 Å². The van der Waals surface area contributed by atoms with E-state index in [2.05, 4.69) is 15.3 Å². The molecule has 3 heterocycles. The van der Waals surface area contributed by atoms with Gasteiger partial charge in [0.1, 0.15) is 9.98 Å². The van der Waals surface area contributed by atoms with Gasteiger partial charge in [-0.3, -0.25) is 0 Å². The lowest BCUT2D eigenvalue weighted by atomic mass is 10.2. The maximum atomic E-state index is 6.16. The largest absolute Gasteiger partial charge is 0.376 e. The zero-order valence-corrected chi connectivity index (χ0v) is 11.6. The lowest BCUT2D eigenvalue weighted by Gasteiger charge is -2.10. The molecule has 0 spiro atoms. The Bertz CT molecular complexity index is 566. The molecule has 96 valence electrons. The number of thiophene rings is 1. The van der Waals surface area contributed by atoms with Crippen molar-refractivity contribution in [2.24, 2.45) is 0 Å². The molecule has 4 nitrogen and oxygen atoms in total. The maximum absolute atomic E-state index is 6.16. The molecule has 0 amide bonds. The van der Waals surface area contributed by atoms with E-state index in [0.717, 1.165) is 36.2 Å². The van der Waals surface area contributed by atoms with Crippen molar-refractivity contribution in [3.63, 3.8) is 0 Å². The predicted octanol–water partition coefficient (Wildman–Crippen LogP) is 3.24. The minimum atomic E-state index is 0.271.